The van der Waals surface area contributed by atoms with E-state index in [4.69, 9.17) is 0 Å². The van der Waals surface area contributed by atoms with Crippen LogP contribution in [0.15, 0.2) is 0 Å². The van der Waals surface area contributed by atoms with Gasteiger partial charge in [0.1, 0.15) is 0 Å². The van der Waals surface area contributed by atoms with Crippen LogP contribution in [0.5, 0.6) is 0 Å². The standard InChI is InChI=1S/C20H34N2O2/c1-2-18-9-5-6-14-22(18)20(24)16-10-12-17(13-11-16)21-19(23)15-7-3-4-8-15/h15-18H,2-14H2,1H3,(H,21,23). The van der Waals surface area contributed by atoms with Gasteiger partial charge in [-0.25, -0.2) is 0 Å². The molecule has 1 heterocycles. The minimum atomic E-state index is 0.191. The number of piperidine rings is 1. The van der Waals surface area contributed by atoms with E-state index in [1.807, 2.05) is 0 Å². The zero-order valence-corrected chi connectivity index (χ0v) is 15.3. The van der Waals surface area contributed by atoms with Crippen molar-refractivity contribution in [3.8, 4) is 0 Å². The molecule has 24 heavy (non-hydrogen) atoms. The van der Waals surface area contributed by atoms with Crippen molar-refractivity contribution in [2.45, 2.75) is 96.1 Å². The molecule has 0 spiro atoms. The number of amides is 2. The van der Waals surface area contributed by atoms with Crippen LogP contribution in [-0.4, -0.2) is 35.3 Å². The van der Waals surface area contributed by atoms with Crippen LogP contribution in [0, 0.1) is 11.8 Å². The van der Waals surface area contributed by atoms with Crippen molar-refractivity contribution in [3.63, 3.8) is 0 Å². The topological polar surface area (TPSA) is 49.4 Å². The van der Waals surface area contributed by atoms with E-state index in [-0.39, 0.29) is 17.7 Å². The largest absolute Gasteiger partial charge is 0.353 e. The second-order valence-electron chi connectivity index (χ2n) is 8.13. The summed E-state index contributed by atoms with van der Waals surface area (Å²) in [6, 6.07) is 0.761. The summed E-state index contributed by atoms with van der Waals surface area (Å²) < 4.78 is 0. The summed E-state index contributed by atoms with van der Waals surface area (Å²) in [6.45, 7) is 3.15. The van der Waals surface area contributed by atoms with E-state index < -0.39 is 0 Å². The number of carbonyl (C=O) groups excluding carboxylic acids is 2. The number of nitrogens with one attached hydrogen (secondary N) is 1. The highest BCUT2D eigenvalue weighted by Gasteiger charge is 2.34. The Hall–Kier alpha value is -1.06. The van der Waals surface area contributed by atoms with E-state index in [0.717, 1.165) is 57.9 Å². The molecule has 1 unspecified atom stereocenters. The number of hydrogen-bond donors (Lipinski definition) is 1. The lowest BCUT2D eigenvalue weighted by atomic mass is 9.84. The summed E-state index contributed by atoms with van der Waals surface area (Å²) in [5, 5.41) is 3.26. The zero-order valence-electron chi connectivity index (χ0n) is 15.3. The van der Waals surface area contributed by atoms with Gasteiger partial charge >= 0.3 is 0 Å². The Morgan fingerprint density at radius 2 is 1.54 bits per heavy atom. The molecule has 0 aromatic rings. The molecule has 3 rings (SSSR count). The molecule has 2 amide bonds. The smallest absolute Gasteiger partial charge is 0.225 e. The fourth-order valence-corrected chi connectivity index (χ4v) is 4.94. The highest BCUT2D eigenvalue weighted by Crippen LogP contribution is 2.30. The van der Waals surface area contributed by atoms with Crippen molar-refractivity contribution in [2.75, 3.05) is 6.54 Å². The predicted molar refractivity (Wildman–Crippen MR) is 95.5 cm³/mol. The average molecular weight is 335 g/mol. The van der Waals surface area contributed by atoms with Gasteiger partial charge in [-0.05, 0) is 64.2 Å². The summed E-state index contributed by atoms with van der Waals surface area (Å²) >= 11 is 0. The molecule has 136 valence electrons. The van der Waals surface area contributed by atoms with Crippen LogP contribution in [0.25, 0.3) is 0 Å². The van der Waals surface area contributed by atoms with E-state index in [9.17, 15) is 9.59 Å². The molecule has 4 nitrogen and oxygen atoms in total. The first-order chi connectivity index (χ1) is 11.7. The quantitative estimate of drug-likeness (QED) is 0.853. The van der Waals surface area contributed by atoms with Crippen molar-refractivity contribution >= 4 is 11.8 Å². The minimum absolute atomic E-state index is 0.191. The second-order valence-corrected chi connectivity index (χ2v) is 8.13. The number of carbonyl (C=O) groups is 2. The van der Waals surface area contributed by atoms with E-state index in [1.165, 1.54) is 25.7 Å². The van der Waals surface area contributed by atoms with Gasteiger partial charge in [0, 0.05) is 30.5 Å². The van der Waals surface area contributed by atoms with Crippen LogP contribution in [0.2, 0.25) is 0 Å². The van der Waals surface area contributed by atoms with E-state index in [0.29, 0.717) is 18.0 Å². The van der Waals surface area contributed by atoms with Crippen molar-refractivity contribution in [2.24, 2.45) is 11.8 Å². The summed E-state index contributed by atoms with van der Waals surface area (Å²) in [6.07, 6.45) is 13.0. The van der Waals surface area contributed by atoms with Gasteiger partial charge in [-0.3, -0.25) is 9.59 Å². The SMILES string of the molecule is CCC1CCCCN1C(=O)C1CCC(NC(=O)C2CCCC2)CC1. The molecule has 0 aromatic heterocycles. The average Bonchev–Trinajstić information content (AvgIpc) is 3.16. The molecule has 2 saturated carbocycles. The molecule has 0 radical (unpaired) electrons. The Labute approximate surface area is 146 Å². The van der Waals surface area contributed by atoms with Gasteiger partial charge in [0.15, 0.2) is 0 Å². The van der Waals surface area contributed by atoms with Gasteiger partial charge in [-0.1, -0.05) is 19.8 Å². The monoisotopic (exact) mass is 334 g/mol. The third-order valence-corrected chi connectivity index (χ3v) is 6.53. The molecule has 0 aromatic carbocycles. The molecular formula is C20H34N2O2. The fraction of sp³-hybridized carbons (Fsp3) is 0.900. The molecule has 2 aliphatic carbocycles. The van der Waals surface area contributed by atoms with Crippen molar-refractivity contribution in [1.29, 1.82) is 0 Å². The van der Waals surface area contributed by atoms with Gasteiger partial charge in [-0.2, -0.15) is 0 Å². The number of hydrogen-bond acceptors (Lipinski definition) is 2. The van der Waals surface area contributed by atoms with Gasteiger partial charge < -0.3 is 10.2 Å². The maximum atomic E-state index is 12.9. The Morgan fingerprint density at radius 3 is 2.21 bits per heavy atom. The summed E-state index contributed by atoms with van der Waals surface area (Å²) in [7, 11) is 0. The molecule has 4 heteroatoms. The summed E-state index contributed by atoms with van der Waals surface area (Å²) in [4.78, 5) is 27.3. The Morgan fingerprint density at radius 1 is 0.875 bits per heavy atom. The summed E-state index contributed by atoms with van der Waals surface area (Å²) in [5.41, 5.74) is 0. The second kappa shape index (κ2) is 8.35. The van der Waals surface area contributed by atoms with Crippen molar-refractivity contribution in [3.05, 3.63) is 0 Å². The lowest BCUT2D eigenvalue weighted by Crippen LogP contribution is -2.48. The number of rotatable bonds is 4. The highest BCUT2D eigenvalue weighted by atomic mass is 16.2. The molecule has 1 atom stereocenters. The molecule has 1 N–H and O–H groups in total. The molecular weight excluding hydrogens is 300 g/mol. The Bertz CT molecular complexity index is 437. The molecule has 1 aliphatic heterocycles. The van der Waals surface area contributed by atoms with Crippen molar-refractivity contribution in [1.82, 2.24) is 10.2 Å². The number of likely N-dealkylation sites (tertiary alicyclic amines) is 1. The zero-order chi connectivity index (χ0) is 16.9. The van der Waals surface area contributed by atoms with Crippen LogP contribution in [0.3, 0.4) is 0 Å². The lowest BCUT2D eigenvalue weighted by Gasteiger charge is -2.39. The third kappa shape index (κ3) is 4.12. The number of nitrogens with zero attached hydrogens (tertiary/aromatic N) is 1. The van der Waals surface area contributed by atoms with Crippen LogP contribution in [0.1, 0.15) is 84.0 Å². The normalized spacial score (nSPS) is 31.9. The molecule has 0 bridgehead atoms. The van der Waals surface area contributed by atoms with Gasteiger partial charge in [0.25, 0.3) is 0 Å². The maximum absolute atomic E-state index is 12.9. The van der Waals surface area contributed by atoms with Crippen LogP contribution in [0.4, 0.5) is 0 Å². The van der Waals surface area contributed by atoms with Crippen LogP contribution >= 0.6 is 0 Å². The maximum Gasteiger partial charge on any atom is 0.225 e. The van der Waals surface area contributed by atoms with Gasteiger partial charge in [0.2, 0.25) is 11.8 Å². The van der Waals surface area contributed by atoms with Gasteiger partial charge in [0.05, 0.1) is 0 Å². The predicted octanol–water partition coefficient (Wildman–Crippen LogP) is 3.64. The van der Waals surface area contributed by atoms with Crippen molar-refractivity contribution < 1.29 is 9.59 Å². The van der Waals surface area contributed by atoms with E-state index >= 15 is 0 Å². The van der Waals surface area contributed by atoms with E-state index in [1.54, 1.807) is 0 Å². The molecule has 3 aliphatic rings. The van der Waals surface area contributed by atoms with Crippen LogP contribution in [-0.2, 0) is 9.59 Å². The first kappa shape index (κ1) is 17.8. The molecule has 3 fully saturated rings. The molecule has 1 saturated heterocycles. The Balaban J connectivity index is 1.45. The lowest BCUT2D eigenvalue weighted by molar-refractivity contribution is -0.140. The van der Waals surface area contributed by atoms with Crippen LogP contribution < -0.4 is 5.32 Å². The third-order valence-electron chi connectivity index (χ3n) is 6.53. The van der Waals surface area contributed by atoms with Gasteiger partial charge in [-0.15, -0.1) is 0 Å². The highest BCUT2D eigenvalue weighted by molar-refractivity contribution is 5.80. The first-order valence-electron chi connectivity index (χ1n) is 10.3. The van der Waals surface area contributed by atoms with E-state index in [2.05, 4.69) is 17.1 Å². The fourth-order valence-electron chi connectivity index (χ4n) is 4.94. The Kier molecular flexibility index (Phi) is 6.18. The summed E-state index contributed by atoms with van der Waals surface area (Å²) in [5.74, 6) is 1.10. The first-order valence-corrected chi connectivity index (χ1v) is 10.3. The minimum Gasteiger partial charge on any atom is -0.353 e.